The molecule has 7 heteroatoms. The molecule has 7 nitrogen and oxygen atoms in total. The number of amides is 3. The highest BCUT2D eigenvalue weighted by Crippen LogP contribution is 2.20. The molecule has 1 unspecified atom stereocenters. The lowest BCUT2D eigenvalue weighted by Gasteiger charge is -2.18. The van der Waals surface area contributed by atoms with Crippen LogP contribution < -0.4 is 16.0 Å². The van der Waals surface area contributed by atoms with E-state index in [2.05, 4.69) is 16.0 Å². The second-order valence-electron chi connectivity index (χ2n) is 7.11. The van der Waals surface area contributed by atoms with Crippen molar-refractivity contribution in [3.05, 3.63) is 60.2 Å². The first-order chi connectivity index (χ1) is 13.8. The van der Waals surface area contributed by atoms with Crippen LogP contribution in [0.4, 0.5) is 16.2 Å². The van der Waals surface area contributed by atoms with Crippen LogP contribution >= 0.6 is 0 Å². The molecule has 0 heterocycles. The minimum absolute atomic E-state index is 0.0810. The Morgan fingerprint density at radius 2 is 1.59 bits per heavy atom. The summed E-state index contributed by atoms with van der Waals surface area (Å²) < 4.78 is 5.09. The number of nitrogens with one attached hydrogen (secondary N) is 3. The van der Waals surface area contributed by atoms with Crippen LogP contribution in [0, 0.1) is 5.92 Å². The van der Waals surface area contributed by atoms with E-state index in [-0.39, 0.29) is 24.2 Å². The first-order valence-corrected chi connectivity index (χ1v) is 9.49. The number of benzene rings is 2. The van der Waals surface area contributed by atoms with Gasteiger partial charge in [-0.2, -0.15) is 0 Å². The molecule has 2 rings (SSSR count). The maximum Gasteiger partial charge on any atom is 0.411 e. The lowest BCUT2D eigenvalue weighted by Crippen LogP contribution is -2.29. The second-order valence-corrected chi connectivity index (χ2v) is 7.11. The molecule has 0 saturated carbocycles. The minimum atomic E-state index is -0.544. The number of ether oxygens (including phenoxy) is 1. The maximum atomic E-state index is 12.5. The first-order valence-electron chi connectivity index (χ1n) is 9.49. The Bertz CT molecular complexity index is 837. The third-order valence-corrected chi connectivity index (χ3v) is 3.91. The number of rotatable bonds is 8. The summed E-state index contributed by atoms with van der Waals surface area (Å²) in [5, 5.41) is 8.23. The van der Waals surface area contributed by atoms with Gasteiger partial charge in [0.05, 0.1) is 19.1 Å². The average molecular weight is 397 g/mol. The van der Waals surface area contributed by atoms with Gasteiger partial charge in [0.15, 0.2) is 0 Å². The summed E-state index contributed by atoms with van der Waals surface area (Å²) >= 11 is 0. The lowest BCUT2D eigenvalue weighted by atomic mass is 10.0. The fraction of sp³-hybridized carbons (Fsp3) is 0.318. The largest absolute Gasteiger partial charge is 0.449 e. The summed E-state index contributed by atoms with van der Waals surface area (Å²) in [5.41, 5.74) is 1.89. The van der Waals surface area contributed by atoms with Gasteiger partial charge in [-0.25, -0.2) is 4.79 Å². The zero-order valence-corrected chi connectivity index (χ0v) is 16.9. The Morgan fingerprint density at radius 3 is 2.21 bits per heavy atom. The van der Waals surface area contributed by atoms with E-state index in [9.17, 15) is 14.4 Å². The Balaban J connectivity index is 1.98. The number of hydrogen-bond acceptors (Lipinski definition) is 4. The molecule has 0 aliphatic rings. The van der Waals surface area contributed by atoms with E-state index >= 15 is 0 Å². The Morgan fingerprint density at radius 1 is 0.931 bits per heavy atom. The summed E-state index contributed by atoms with van der Waals surface area (Å²) in [6.45, 7) is 5.65. The summed E-state index contributed by atoms with van der Waals surface area (Å²) in [4.78, 5) is 35.8. The Kier molecular flexibility index (Phi) is 8.21. The average Bonchev–Trinajstić information content (AvgIpc) is 2.66. The molecule has 154 valence electrons. The van der Waals surface area contributed by atoms with Gasteiger partial charge in [-0.1, -0.05) is 50.2 Å². The molecule has 0 aliphatic heterocycles. The molecule has 0 saturated heterocycles. The summed E-state index contributed by atoms with van der Waals surface area (Å²) in [6.07, 6.45) is -0.463. The highest BCUT2D eigenvalue weighted by molar-refractivity contribution is 5.93. The number of carbonyl (C=O) groups is 3. The summed E-state index contributed by atoms with van der Waals surface area (Å²) in [6, 6.07) is 15.7. The summed E-state index contributed by atoms with van der Waals surface area (Å²) in [5.74, 6) is -0.225. The van der Waals surface area contributed by atoms with Gasteiger partial charge in [0.2, 0.25) is 11.8 Å². The van der Waals surface area contributed by atoms with Crippen LogP contribution in [0.25, 0.3) is 0 Å². The van der Waals surface area contributed by atoms with Crippen molar-refractivity contribution in [3.63, 3.8) is 0 Å². The Hall–Kier alpha value is -3.35. The molecule has 0 aromatic heterocycles. The van der Waals surface area contributed by atoms with E-state index in [0.717, 1.165) is 5.56 Å². The highest BCUT2D eigenvalue weighted by atomic mass is 16.5. The molecule has 1 atom stereocenters. The van der Waals surface area contributed by atoms with Crippen molar-refractivity contribution in [2.45, 2.75) is 33.2 Å². The van der Waals surface area contributed by atoms with Crippen molar-refractivity contribution in [2.24, 2.45) is 5.92 Å². The predicted molar refractivity (Wildman–Crippen MR) is 112 cm³/mol. The van der Waals surface area contributed by atoms with Crippen LogP contribution in [0.15, 0.2) is 54.6 Å². The standard InChI is InChI=1S/C22H27N3O4/c1-15(2)14-29-22(28)25-19-11-7-10-18(12-19)24-21(27)13-20(23-16(3)26)17-8-5-4-6-9-17/h4-12,15,20H,13-14H2,1-3H3,(H,23,26)(H,24,27)(H,25,28). The van der Waals surface area contributed by atoms with E-state index < -0.39 is 12.1 Å². The number of hydrogen-bond donors (Lipinski definition) is 3. The lowest BCUT2D eigenvalue weighted by molar-refractivity contribution is -0.120. The van der Waals surface area contributed by atoms with Gasteiger partial charge in [-0.3, -0.25) is 14.9 Å². The van der Waals surface area contributed by atoms with E-state index in [1.807, 2.05) is 44.2 Å². The fourth-order valence-corrected chi connectivity index (χ4v) is 2.65. The van der Waals surface area contributed by atoms with Gasteiger partial charge in [0.1, 0.15) is 0 Å². The quantitative estimate of drug-likeness (QED) is 0.625. The van der Waals surface area contributed by atoms with E-state index in [0.29, 0.717) is 18.0 Å². The molecule has 29 heavy (non-hydrogen) atoms. The van der Waals surface area contributed by atoms with E-state index in [1.54, 1.807) is 24.3 Å². The smallest absolute Gasteiger partial charge is 0.411 e. The zero-order chi connectivity index (χ0) is 21.2. The normalized spacial score (nSPS) is 11.4. The van der Waals surface area contributed by atoms with E-state index in [1.165, 1.54) is 6.92 Å². The van der Waals surface area contributed by atoms with Gasteiger partial charge in [0.25, 0.3) is 0 Å². The molecule has 0 fully saturated rings. The van der Waals surface area contributed by atoms with Gasteiger partial charge in [0, 0.05) is 18.3 Å². The van der Waals surface area contributed by atoms with Crippen molar-refractivity contribution in [2.75, 3.05) is 17.2 Å². The van der Waals surface area contributed by atoms with Crippen LogP contribution in [0.3, 0.4) is 0 Å². The molecule has 0 radical (unpaired) electrons. The zero-order valence-electron chi connectivity index (χ0n) is 16.9. The molecule has 3 N–H and O–H groups in total. The van der Waals surface area contributed by atoms with Crippen LogP contribution in [-0.4, -0.2) is 24.5 Å². The number of carbonyl (C=O) groups excluding carboxylic acids is 3. The van der Waals surface area contributed by atoms with Crippen LogP contribution in [0.5, 0.6) is 0 Å². The molecule has 0 aliphatic carbocycles. The molecule has 2 aromatic rings. The highest BCUT2D eigenvalue weighted by Gasteiger charge is 2.17. The predicted octanol–water partition coefficient (Wildman–Crippen LogP) is 4.10. The molecule has 2 aromatic carbocycles. The van der Waals surface area contributed by atoms with Crippen LogP contribution in [0.2, 0.25) is 0 Å². The number of anilines is 2. The van der Waals surface area contributed by atoms with Crippen molar-refractivity contribution in [1.29, 1.82) is 0 Å². The molecule has 0 spiro atoms. The van der Waals surface area contributed by atoms with Crippen molar-refractivity contribution in [3.8, 4) is 0 Å². The molecular formula is C22H27N3O4. The third-order valence-electron chi connectivity index (χ3n) is 3.91. The summed E-state index contributed by atoms with van der Waals surface area (Å²) in [7, 11) is 0. The SMILES string of the molecule is CC(=O)NC(CC(=O)Nc1cccc(NC(=O)OCC(C)C)c1)c1ccccc1. The van der Waals surface area contributed by atoms with Gasteiger partial charge in [-0.15, -0.1) is 0 Å². The Labute approximate surface area is 170 Å². The van der Waals surface area contributed by atoms with Crippen LogP contribution in [0.1, 0.15) is 38.8 Å². The fourth-order valence-electron chi connectivity index (χ4n) is 2.65. The van der Waals surface area contributed by atoms with Crippen molar-refractivity contribution >= 4 is 29.3 Å². The van der Waals surface area contributed by atoms with Gasteiger partial charge in [-0.05, 0) is 29.7 Å². The topological polar surface area (TPSA) is 96.5 Å². The molecule has 3 amide bonds. The maximum absolute atomic E-state index is 12.5. The third kappa shape index (κ3) is 8.04. The minimum Gasteiger partial charge on any atom is -0.449 e. The van der Waals surface area contributed by atoms with E-state index in [4.69, 9.17) is 4.74 Å². The molecular weight excluding hydrogens is 370 g/mol. The van der Waals surface area contributed by atoms with Crippen molar-refractivity contribution < 1.29 is 19.1 Å². The van der Waals surface area contributed by atoms with Crippen LogP contribution in [-0.2, 0) is 14.3 Å². The van der Waals surface area contributed by atoms with Gasteiger partial charge >= 0.3 is 6.09 Å². The second kappa shape index (κ2) is 10.8. The van der Waals surface area contributed by atoms with Gasteiger partial charge < -0.3 is 15.4 Å². The first kappa shape index (κ1) is 21.9. The molecule has 0 bridgehead atoms. The van der Waals surface area contributed by atoms with Crippen molar-refractivity contribution in [1.82, 2.24) is 5.32 Å². The monoisotopic (exact) mass is 397 g/mol.